The molecule has 84 valence electrons. The van der Waals surface area contributed by atoms with E-state index in [2.05, 4.69) is 26.0 Å². The maximum Gasteiger partial charge on any atom is 0.118 e. The molecule has 0 heterocycles. The van der Waals surface area contributed by atoms with Gasteiger partial charge in [0.25, 0.3) is 0 Å². The summed E-state index contributed by atoms with van der Waals surface area (Å²) < 4.78 is 5.15. The second kappa shape index (κ2) is 6.49. The standard InChI is InChI=1S/C14H22O/c1-4-6-12(5-2)11-13-7-9-14(15-3)10-8-13/h7-10,12H,4-6,11H2,1-3H3. The third-order valence-electron chi connectivity index (χ3n) is 2.96. The number of benzene rings is 1. The molecule has 0 aliphatic rings. The number of hydrogen-bond acceptors (Lipinski definition) is 1. The van der Waals surface area contributed by atoms with E-state index >= 15 is 0 Å². The monoisotopic (exact) mass is 206 g/mol. The topological polar surface area (TPSA) is 9.23 Å². The largest absolute Gasteiger partial charge is 0.497 e. The van der Waals surface area contributed by atoms with Crippen molar-refractivity contribution in [3.05, 3.63) is 29.8 Å². The molecule has 0 radical (unpaired) electrons. The Morgan fingerprint density at radius 2 is 1.80 bits per heavy atom. The van der Waals surface area contributed by atoms with E-state index in [1.807, 2.05) is 12.1 Å². The van der Waals surface area contributed by atoms with Crippen LogP contribution in [0.2, 0.25) is 0 Å². The first kappa shape index (κ1) is 12.1. The maximum atomic E-state index is 5.15. The average molecular weight is 206 g/mol. The van der Waals surface area contributed by atoms with Crippen LogP contribution in [0.1, 0.15) is 38.7 Å². The highest BCUT2D eigenvalue weighted by Crippen LogP contribution is 2.19. The van der Waals surface area contributed by atoms with Crippen molar-refractivity contribution in [1.82, 2.24) is 0 Å². The van der Waals surface area contributed by atoms with Gasteiger partial charge in [0.05, 0.1) is 7.11 Å². The molecular weight excluding hydrogens is 184 g/mol. The lowest BCUT2D eigenvalue weighted by molar-refractivity contribution is 0.414. The van der Waals surface area contributed by atoms with Gasteiger partial charge in [-0.05, 0) is 30.0 Å². The Hall–Kier alpha value is -0.980. The quantitative estimate of drug-likeness (QED) is 0.682. The highest BCUT2D eigenvalue weighted by Gasteiger charge is 2.06. The van der Waals surface area contributed by atoms with Crippen LogP contribution < -0.4 is 4.74 Å². The summed E-state index contributed by atoms with van der Waals surface area (Å²) in [5.74, 6) is 1.78. The van der Waals surface area contributed by atoms with Crippen molar-refractivity contribution in [2.75, 3.05) is 7.11 Å². The smallest absolute Gasteiger partial charge is 0.118 e. The SMILES string of the molecule is CCCC(CC)Cc1ccc(OC)cc1. The molecule has 0 fully saturated rings. The summed E-state index contributed by atoms with van der Waals surface area (Å²) in [5, 5.41) is 0. The van der Waals surface area contributed by atoms with Crippen molar-refractivity contribution in [1.29, 1.82) is 0 Å². The Balaban J connectivity index is 2.55. The molecule has 1 unspecified atom stereocenters. The van der Waals surface area contributed by atoms with Gasteiger partial charge in [-0.2, -0.15) is 0 Å². The van der Waals surface area contributed by atoms with Crippen molar-refractivity contribution >= 4 is 0 Å². The maximum absolute atomic E-state index is 5.15. The molecule has 0 amide bonds. The molecule has 0 saturated heterocycles. The van der Waals surface area contributed by atoms with E-state index in [4.69, 9.17) is 4.74 Å². The van der Waals surface area contributed by atoms with Crippen LogP contribution in [0.3, 0.4) is 0 Å². The summed E-state index contributed by atoms with van der Waals surface area (Å²) in [6, 6.07) is 8.45. The van der Waals surface area contributed by atoms with Crippen molar-refractivity contribution in [2.24, 2.45) is 5.92 Å². The van der Waals surface area contributed by atoms with Gasteiger partial charge >= 0.3 is 0 Å². The van der Waals surface area contributed by atoms with Crippen LogP contribution in [0.15, 0.2) is 24.3 Å². The lowest BCUT2D eigenvalue weighted by Crippen LogP contribution is -2.02. The van der Waals surface area contributed by atoms with Gasteiger partial charge < -0.3 is 4.74 Å². The van der Waals surface area contributed by atoms with E-state index in [9.17, 15) is 0 Å². The number of hydrogen-bond donors (Lipinski definition) is 0. The van der Waals surface area contributed by atoms with E-state index in [1.54, 1.807) is 7.11 Å². The van der Waals surface area contributed by atoms with Gasteiger partial charge in [0, 0.05) is 0 Å². The van der Waals surface area contributed by atoms with Gasteiger partial charge in [-0.25, -0.2) is 0 Å². The molecule has 1 aromatic carbocycles. The van der Waals surface area contributed by atoms with E-state index in [-0.39, 0.29) is 0 Å². The number of ether oxygens (including phenoxy) is 1. The summed E-state index contributed by atoms with van der Waals surface area (Å²) in [6.45, 7) is 4.54. The second-order valence-electron chi connectivity index (χ2n) is 4.12. The zero-order valence-corrected chi connectivity index (χ0v) is 10.1. The van der Waals surface area contributed by atoms with E-state index in [0.29, 0.717) is 0 Å². The first-order valence-corrected chi connectivity index (χ1v) is 5.93. The lowest BCUT2D eigenvalue weighted by atomic mass is 9.93. The minimum atomic E-state index is 0.836. The Kier molecular flexibility index (Phi) is 5.23. The minimum Gasteiger partial charge on any atom is -0.497 e. The predicted molar refractivity (Wildman–Crippen MR) is 65.4 cm³/mol. The average Bonchev–Trinajstić information content (AvgIpc) is 2.29. The molecule has 15 heavy (non-hydrogen) atoms. The van der Waals surface area contributed by atoms with Crippen molar-refractivity contribution in [3.63, 3.8) is 0 Å². The Morgan fingerprint density at radius 1 is 1.13 bits per heavy atom. The van der Waals surface area contributed by atoms with Crippen LogP contribution >= 0.6 is 0 Å². The fourth-order valence-electron chi connectivity index (χ4n) is 1.95. The molecule has 1 rings (SSSR count). The highest BCUT2D eigenvalue weighted by atomic mass is 16.5. The molecule has 0 aliphatic heterocycles. The molecule has 0 saturated carbocycles. The summed E-state index contributed by atoms with van der Waals surface area (Å²) in [5.41, 5.74) is 1.43. The summed E-state index contributed by atoms with van der Waals surface area (Å²) >= 11 is 0. The number of methoxy groups -OCH3 is 1. The molecule has 0 bridgehead atoms. The van der Waals surface area contributed by atoms with Crippen LogP contribution in [-0.4, -0.2) is 7.11 Å². The molecular formula is C14H22O. The van der Waals surface area contributed by atoms with E-state index in [0.717, 1.165) is 11.7 Å². The van der Waals surface area contributed by atoms with Gasteiger partial charge in [0.1, 0.15) is 5.75 Å². The van der Waals surface area contributed by atoms with Gasteiger partial charge in [-0.3, -0.25) is 0 Å². The van der Waals surface area contributed by atoms with E-state index in [1.165, 1.54) is 31.2 Å². The molecule has 0 N–H and O–H groups in total. The Bertz CT molecular complexity index is 263. The van der Waals surface area contributed by atoms with Crippen LogP contribution in [0.4, 0.5) is 0 Å². The first-order valence-electron chi connectivity index (χ1n) is 5.93. The molecule has 1 aromatic rings. The zero-order chi connectivity index (χ0) is 11.1. The van der Waals surface area contributed by atoms with Gasteiger partial charge in [-0.1, -0.05) is 45.2 Å². The van der Waals surface area contributed by atoms with Gasteiger partial charge in [0.15, 0.2) is 0 Å². The number of rotatable bonds is 6. The van der Waals surface area contributed by atoms with Crippen molar-refractivity contribution < 1.29 is 4.74 Å². The van der Waals surface area contributed by atoms with Crippen molar-refractivity contribution in [3.8, 4) is 5.75 Å². The first-order chi connectivity index (χ1) is 7.30. The lowest BCUT2D eigenvalue weighted by Gasteiger charge is -2.13. The summed E-state index contributed by atoms with van der Waals surface area (Å²) in [6.07, 6.45) is 5.10. The summed E-state index contributed by atoms with van der Waals surface area (Å²) in [7, 11) is 1.71. The fourth-order valence-corrected chi connectivity index (χ4v) is 1.95. The molecule has 1 heteroatoms. The van der Waals surface area contributed by atoms with E-state index < -0.39 is 0 Å². The molecule has 0 spiro atoms. The molecule has 0 aromatic heterocycles. The van der Waals surface area contributed by atoms with Gasteiger partial charge in [-0.15, -0.1) is 0 Å². The molecule has 0 aliphatic carbocycles. The fraction of sp³-hybridized carbons (Fsp3) is 0.571. The van der Waals surface area contributed by atoms with Crippen molar-refractivity contribution in [2.45, 2.75) is 39.5 Å². The second-order valence-corrected chi connectivity index (χ2v) is 4.12. The van der Waals surface area contributed by atoms with Crippen LogP contribution in [0.5, 0.6) is 5.75 Å². The van der Waals surface area contributed by atoms with Crippen LogP contribution in [0, 0.1) is 5.92 Å². The Labute approximate surface area is 93.5 Å². The highest BCUT2D eigenvalue weighted by molar-refractivity contribution is 5.27. The predicted octanol–water partition coefficient (Wildman–Crippen LogP) is 4.06. The molecule has 1 atom stereocenters. The minimum absolute atomic E-state index is 0.836. The van der Waals surface area contributed by atoms with Gasteiger partial charge in [0.2, 0.25) is 0 Å². The summed E-state index contributed by atoms with van der Waals surface area (Å²) in [4.78, 5) is 0. The third-order valence-corrected chi connectivity index (χ3v) is 2.96. The normalized spacial score (nSPS) is 12.5. The Morgan fingerprint density at radius 3 is 2.27 bits per heavy atom. The van der Waals surface area contributed by atoms with Crippen LogP contribution in [0.25, 0.3) is 0 Å². The third kappa shape index (κ3) is 3.94. The van der Waals surface area contributed by atoms with Crippen LogP contribution in [-0.2, 0) is 6.42 Å². The molecule has 1 nitrogen and oxygen atoms in total. The zero-order valence-electron chi connectivity index (χ0n) is 10.1.